The maximum absolute atomic E-state index is 14.8. The summed E-state index contributed by atoms with van der Waals surface area (Å²) >= 11 is 0. The highest BCUT2D eigenvalue weighted by Crippen LogP contribution is 2.75. The lowest BCUT2D eigenvalue weighted by molar-refractivity contribution is -0.191. The van der Waals surface area contributed by atoms with Gasteiger partial charge in [-0.05, 0) is 49.0 Å². The van der Waals surface area contributed by atoms with Crippen molar-refractivity contribution < 1.29 is 39.2 Å². The number of benzene rings is 1. The van der Waals surface area contributed by atoms with Gasteiger partial charge in [0.05, 0.1) is 11.0 Å². The largest absolute Gasteiger partial charge is 0.458 e. The van der Waals surface area contributed by atoms with Gasteiger partial charge in [-0.15, -0.1) is 0 Å². The van der Waals surface area contributed by atoms with Crippen LogP contribution in [0.2, 0.25) is 0 Å². The quantitative estimate of drug-likeness (QED) is 0.122. The van der Waals surface area contributed by atoms with Gasteiger partial charge in [-0.25, -0.2) is 4.79 Å². The number of aliphatic hydroxyl groups is 3. The molecule has 5 rings (SSSR count). The third-order valence-corrected chi connectivity index (χ3v) is 12.0. The SMILES string of the molecule is CCCCCCCCCCCC(=O)OC12CC(C)C34C=C(C)C(O)C3(O)C(O)C(COC(=O)c3ccccc3)=CC(C4=O)C1C2(C)C. The van der Waals surface area contributed by atoms with Gasteiger partial charge in [0, 0.05) is 23.7 Å². The van der Waals surface area contributed by atoms with E-state index in [0.29, 0.717) is 24.0 Å². The number of aliphatic hydroxyl groups excluding tert-OH is 2. The molecule has 8 atom stereocenters. The molecule has 47 heavy (non-hydrogen) atoms. The number of hydrogen-bond donors (Lipinski definition) is 3. The first-order valence-corrected chi connectivity index (χ1v) is 17.8. The van der Waals surface area contributed by atoms with E-state index < -0.39 is 58.0 Å². The summed E-state index contributed by atoms with van der Waals surface area (Å²) in [6.07, 6.45) is 10.9. The van der Waals surface area contributed by atoms with E-state index in [1.54, 1.807) is 49.4 Å². The molecule has 8 nitrogen and oxygen atoms in total. The lowest BCUT2D eigenvalue weighted by atomic mass is 9.59. The van der Waals surface area contributed by atoms with Gasteiger partial charge in [-0.2, -0.15) is 0 Å². The summed E-state index contributed by atoms with van der Waals surface area (Å²) in [5.74, 6) is -3.08. The molecule has 1 spiro atoms. The minimum atomic E-state index is -2.30. The van der Waals surface area contributed by atoms with E-state index in [1.165, 1.54) is 38.5 Å². The Labute approximate surface area is 279 Å². The molecule has 4 aliphatic rings. The van der Waals surface area contributed by atoms with E-state index >= 15 is 0 Å². The molecule has 0 radical (unpaired) electrons. The van der Waals surface area contributed by atoms with Crippen molar-refractivity contribution in [3.63, 3.8) is 0 Å². The van der Waals surface area contributed by atoms with Gasteiger partial charge in [-0.3, -0.25) is 9.59 Å². The zero-order chi connectivity index (χ0) is 34.2. The summed E-state index contributed by atoms with van der Waals surface area (Å²) in [5.41, 5.74) is -4.61. The summed E-state index contributed by atoms with van der Waals surface area (Å²) < 4.78 is 12.0. The van der Waals surface area contributed by atoms with Crippen molar-refractivity contribution in [3.8, 4) is 0 Å². The molecule has 0 amide bonds. The first-order valence-electron chi connectivity index (χ1n) is 17.8. The molecule has 8 heteroatoms. The third kappa shape index (κ3) is 5.82. The number of ether oxygens (including phenoxy) is 2. The Balaban J connectivity index is 1.39. The smallest absolute Gasteiger partial charge is 0.338 e. The highest BCUT2D eigenvalue weighted by molar-refractivity contribution is 5.96. The minimum absolute atomic E-state index is 0.144. The standard InChI is InChI=1S/C39H54O8/c1-6-7-8-9-10-11-12-13-17-20-30(40)47-38-23-26(3)37-22-25(2)32(41)39(37,45)33(42)28(21-29(34(37)43)31(38)36(38,4)5)24-46-35(44)27-18-15-14-16-19-27/h14-16,18-19,21-22,26,29,31-33,41-42,45H,6-13,17,20,23-24H2,1-5H3. The van der Waals surface area contributed by atoms with Crippen LogP contribution in [0.15, 0.2) is 53.6 Å². The zero-order valence-corrected chi connectivity index (χ0v) is 28.8. The number of Topliss-reactive ketones (excluding diaryl/α,β-unsaturated/α-hetero) is 1. The minimum Gasteiger partial charge on any atom is -0.458 e. The third-order valence-electron chi connectivity index (χ3n) is 12.0. The molecule has 2 bridgehead atoms. The van der Waals surface area contributed by atoms with Gasteiger partial charge in [0.1, 0.15) is 30.0 Å². The summed E-state index contributed by atoms with van der Waals surface area (Å²) in [6, 6.07) is 8.44. The average Bonchev–Trinajstić information content (AvgIpc) is 3.46. The fraction of sp³-hybridized carbons (Fsp3) is 0.667. The summed E-state index contributed by atoms with van der Waals surface area (Å²) in [5, 5.41) is 35.6. The van der Waals surface area contributed by atoms with Gasteiger partial charge >= 0.3 is 11.9 Å². The first kappa shape index (κ1) is 35.5. The Hall–Kier alpha value is -2.81. The van der Waals surface area contributed by atoms with Gasteiger partial charge in [0.15, 0.2) is 5.78 Å². The molecule has 0 heterocycles. The molecule has 4 aliphatic carbocycles. The topological polar surface area (TPSA) is 130 Å². The fourth-order valence-corrected chi connectivity index (χ4v) is 9.36. The van der Waals surface area contributed by atoms with Gasteiger partial charge in [0.25, 0.3) is 0 Å². The van der Waals surface area contributed by atoms with Crippen LogP contribution < -0.4 is 0 Å². The number of hydrogen-bond acceptors (Lipinski definition) is 8. The van der Waals surface area contributed by atoms with E-state index in [4.69, 9.17) is 9.47 Å². The maximum Gasteiger partial charge on any atom is 0.338 e. The number of unbranched alkanes of at least 4 members (excludes halogenated alkanes) is 8. The highest BCUT2D eigenvalue weighted by atomic mass is 16.6. The average molecular weight is 651 g/mol. The van der Waals surface area contributed by atoms with Gasteiger partial charge in [-0.1, -0.05) is 109 Å². The summed E-state index contributed by atoms with van der Waals surface area (Å²) in [6.45, 7) is 9.32. The second-order valence-electron chi connectivity index (χ2n) is 15.2. The molecular formula is C39H54O8. The molecule has 1 aromatic rings. The summed E-state index contributed by atoms with van der Waals surface area (Å²) in [7, 11) is 0. The first-order chi connectivity index (χ1) is 22.3. The summed E-state index contributed by atoms with van der Waals surface area (Å²) in [4.78, 5) is 41.1. The fourth-order valence-electron chi connectivity index (χ4n) is 9.36. The van der Waals surface area contributed by atoms with Crippen molar-refractivity contribution in [2.75, 3.05) is 6.61 Å². The lowest BCUT2D eigenvalue weighted by Crippen LogP contribution is -2.65. The normalized spacial score (nSPS) is 35.1. The Kier molecular flexibility index (Phi) is 10.3. The highest BCUT2D eigenvalue weighted by Gasteiger charge is 2.83. The van der Waals surface area contributed by atoms with Crippen molar-refractivity contribution >= 4 is 17.7 Å². The number of esters is 2. The molecule has 2 saturated carbocycles. The molecule has 0 aromatic heterocycles. The molecule has 258 valence electrons. The number of carbonyl (C=O) groups is 3. The zero-order valence-electron chi connectivity index (χ0n) is 28.8. The maximum atomic E-state index is 14.8. The van der Waals surface area contributed by atoms with Gasteiger partial charge in [0.2, 0.25) is 0 Å². The van der Waals surface area contributed by atoms with Crippen LogP contribution in [0.5, 0.6) is 0 Å². The molecule has 3 N–H and O–H groups in total. The Morgan fingerprint density at radius 3 is 2.19 bits per heavy atom. The number of rotatable bonds is 14. The van der Waals surface area contributed by atoms with E-state index in [1.807, 2.05) is 20.8 Å². The Bertz CT molecular complexity index is 1400. The van der Waals surface area contributed by atoms with Crippen LogP contribution in [0, 0.1) is 28.6 Å². The van der Waals surface area contributed by atoms with E-state index in [9.17, 15) is 29.7 Å². The number of allylic oxidation sites excluding steroid dienone is 1. The van der Waals surface area contributed by atoms with E-state index in [0.717, 1.165) is 19.3 Å². The van der Waals surface area contributed by atoms with Crippen molar-refractivity contribution in [1.82, 2.24) is 0 Å². The number of fused-ring (bicyclic) bond motifs is 3. The number of carbonyl (C=O) groups excluding carboxylic acids is 3. The monoisotopic (exact) mass is 650 g/mol. The van der Waals surface area contributed by atoms with Crippen LogP contribution in [-0.2, 0) is 19.1 Å². The van der Waals surface area contributed by atoms with E-state index in [-0.39, 0.29) is 23.9 Å². The number of ketones is 1. The lowest BCUT2D eigenvalue weighted by Gasteiger charge is -2.48. The Morgan fingerprint density at radius 2 is 1.55 bits per heavy atom. The van der Waals surface area contributed by atoms with Crippen molar-refractivity contribution in [3.05, 3.63) is 59.2 Å². The van der Waals surface area contributed by atoms with Crippen LogP contribution in [0.3, 0.4) is 0 Å². The second kappa shape index (κ2) is 13.6. The predicted molar refractivity (Wildman–Crippen MR) is 178 cm³/mol. The van der Waals surface area contributed by atoms with E-state index in [2.05, 4.69) is 6.92 Å². The molecule has 8 unspecified atom stereocenters. The van der Waals surface area contributed by atoms with Crippen molar-refractivity contribution in [1.29, 1.82) is 0 Å². The van der Waals surface area contributed by atoms with Crippen molar-refractivity contribution in [2.24, 2.45) is 28.6 Å². The van der Waals surface area contributed by atoms with Crippen LogP contribution in [-0.4, -0.2) is 63.1 Å². The van der Waals surface area contributed by atoms with Crippen LogP contribution in [0.1, 0.15) is 116 Å². The molecule has 0 aliphatic heterocycles. The molecular weight excluding hydrogens is 596 g/mol. The van der Waals surface area contributed by atoms with Crippen LogP contribution in [0.4, 0.5) is 0 Å². The second-order valence-corrected chi connectivity index (χ2v) is 15.2. The van der Waals surface area contributed by atoms with Crippen LogP contribution in [0.25, 0.3) is 0 Å². The molecule has 2 fully saturated rings. The predicted octanol–water partition coefficient (Wildman–Crippen LogP) is 6.27. The molecule has 0 saturated heterocycles. The van der Waals surface area contributed by atoms with Gasteiger partial charge < -0.3 is 24.8 Å². The Morgan fingerprint density at radius 1 is 0.936 bits per heavy atom. The van der Waals surface area contributed by atoms with Crippen molar-refractivity contribution in [2.45, 2.75) is 129 Å². The molecule has 1 aromatic carbocycles. The van der Waals surface area contributed by atoms with Crippen LogP contribution >= 0.6 is 0 Å².